The number of hydrogen-bond donors (Lipinski definition) is 0. The van der Waals surface area contributed by atoms with Crippen LogP contribution in [0.4, 0.5) is 5.69 Å². The summed E-state index contributed by atoms with van der Waals surface area (Å²) in [6.45, 7) is 1.66. The number of benzene rings is 2. The maximum absolute atomic E-state index is 12.3. The summed E-state index contributed by atoms with van der Waals surface area (Å²) < 4.78 is 35.0. The van der Waals surface area contributed by atoms with Crippen molar-refractivity contribution in [3.05, 3.63) is 56.5 Å². The molecule has 0 aromatic heterocycles. The van der Waals surface area contributed by atoms with Crippen LogP contribution in [0.2, 0.25) is 0 Å². The number of rotatable bonds is 5. The molecule has 0 heterocycles. The standard InChI is InChI=1S/C14H12BrNO6S/c1-9-3-5-14(12(7-9)16(17)18)22-23(19,20)10-4-6-13(21-2)11(15)8-10/h3-8H,1-2H3. The summed E-state index contributed by atoms with van der Waals surface area (Å²) in [5.41, 5.74) is 0.204. The molecule has 0 saturated carbocycles. The molecule has 7 nitrogen and oxygen atoms in total. The van der Waals surface area contributed by atoms with Crippen molar-refractivity contribution in [2.75, 3.05) is 7.11 Å². The van der Waals surface area contributed by atoms with Crippen molar-refractivity contribution in [1.29, 1.82) is 0 Å². The van der Waals surface area contributed by atoms with Gasteiger partial charge in [0.15, 0.2) is 0 Å². The largest absolute Gasteiger partial charge is 0.496 e. The molecule has 0 amide bonds. The Morgan fingerprint density at radius 1 is 1.13 bits per heavy atom. The lowest BCUT2D eigenvalue weighted by atomic mass is 10.2. The Bertz CT molecular complexity index is 866. The average Bonchev–Trinajstić information content (AvgIpc) is 2.48. The SMILES string of the molecule is COc1ccc(S(=O)(=O)Oc2ccc(C)cc2[N+](=O)[O-])cc1Br. The fourth-order valence-corrected chi connectivity index (χ4v) is 3.47. The van der Waals surface area contributed by atoms with Crippen molar-refractivity contribution in [2.45, 2.75) is 11.8 Å². The molecule has 0 saturated heterocycles. The smallest absolute Gasteiger partial charge is 0.339 e. The summed E-state index contributed by atoms with van der Waals surface area (Å²) in [4.78, 5) is 10.2. The number of methoxy groups -OCH3 is 1. The minimum atomic E-state index is -4.22. The van der Waals surface area contributed by atoms with Crippen LogP contribution in [-0.4, -0.2) is 20.5 Å². The molecule has 2 aromatic rings. The van der Waals surface area contributed by atoms with Crippen LogP contribution < -0.4 is 8.92 Å². The molecule has 23 heavy (non-hydrogen) atoms. The Kier molecular flexibility index (Phi) is 4.90. The van der Waals surface area contributed by atoms with E-state index in [9.17, 15) is 18.5 Å². The highest BCUT2D eigenvalue weighted by molar-refractivity contribution is 9.10. The van der Waals surface area contributed by atoms with Crippen LogP contribution in [-0.2, 0) is 10.1 Å². The quantitative estimate of drug-likeness (QED) is 0.432. The van der Waals surface area contributed by atoms with E-state index in [0.29, 0.717) is 15.8 Å². The first-order chi connectivity index (χ1) is 10.7. The van der Waals surface area contributed by atoms with Gasteiger partial charge in [0, 0.05) is 6.07 Å². The molecule has 0 radical (unpaired) electrons. The van der Waals surface area contributed by atoms with Crippen molar-refractivity contribution in [1.82, 2.24) is 0 Å². The molecule has 0 aliphatic carbocycles. The minimum Gasteiger partial charge on any atom is -0.496 e. The lowest BCUT2D eigenvalue weighted by molar-refractivity contribution is -0.385. The van der Waals surface area contributed by atoms with Gasteiger partial charge in [0.1, 0.15) is 10.6 Å². The number of nitro benzene ring substituents is 1. The normalized spacial score (nSPS) is 11.1. The Morgan fingerprint density at radius 2 is 1.78 bits per heavy atom. The summed E-state index contributed by atoms with van der Waals surface area (Å²) in [5.74, 6) is 0.109. The topological polar surface area (TPSA) is 95.7 Å². The van der Waals surface area contributed by atoms with Gasteiger partial charge < -0.3 is 8.92 Å². The van der Waals surface area contributed by atoms with E-state index in [-0.39, 0.29) is 10.6 Å². The second kappa shape index (κ2) is 6.55. The zero-order valence-electron chi connectivity index (χ0n) is 12.1. The van der Waals surface area contributed by atoms with Crippen molar-refractivity contribution in [3.63, 3.8) is 0 Å². The van der Waals surface area contributed by atoms with Crippen LogP contribution in [0.25, 0.3) is 0 Å². The van der Waals surface area contributed by atoms with Gasteiger partial charge in [-0.2, -0.15) is 8.42 Å². The number of hydrogen-bond acceptors (Lipinski definition) is 6. The Morgan fingerprint density at radius 3 is 2.35 bits per heavy atom. The summed E-state index contributed by atoms with van der Waals surface area (Å²) in [5, 5.41) is 11.0. The molecule has 0 unspecified atom stereocenters. The molecule has 2 rings (SSSR count). The average molecular weight is 402 g/mol. The monoisotopic (exact) mass is 401 g/mol. The predicted molar refractivity (Wildman–Crippen MR) is 86.3 cm³/mol. The predicted octanol–water partition coefficient (Wildman–Crippen LogP) is 3.44. The van der Waals surface area contributed by atoms with Crippen molar-refractivity contribution < 1.29 is 22.3 Å². The van der Waals surface area contributed by atoms with Gasteiger partial charge in [0.05, 0.1) is 16.5 Å². The van der Waals surface area contributed by atoms with E-state index >= 15 is 0 Å². The lowest BCUT2D eigenvalue weighted by Crippen LogP contribution is -2.11. The molecule has 122 valence electrons. The van der Waals surface area contributed by atoms with Crippen LogP contribution in [0.15, 0.2) is 45.8 Å². The number of aryl methyl sites for hydroxylation is 1. The van der Waals surface area contributed by atoms with E-state index in [1.165, 1.54) is 43.5 Å². The molecule has 0 aliphatic rings. The van der Waals surface area contributed by atoms with Gasteiger partial charge in [0.25, 0.3) is 0 Å². The van der Waals surface area contributed by atoms with Gasteiger partial charge >= 0.3 is 15.8 Å². The van der Waals surface area contributed by atoms with Crippen molar-refractivity contribution in [2.24, 2.45) is 0 Å². The summed E-state index contributed by atoms with van der Waals surface area (Å²) >= 11 is 3.18. The molecule has 0 fully saturated rings. The third kappa shape index (κ3) is 3.80. The van der Waals surface area contributed by atoms with Gasteiger partial charge in [0.2, 0.25) is 5.75 Å². The van der Waals surface area contributed by atoms with E-state index in [1.54, 1.807) is 6.92 Å². The van der Waals surface area contributed by atoms with Crippen molar-refractivity contribution in [3.8, 4) is 11.5 Å². The van der Waals surface area contributed by atoms with Gasteiger partial charge in [-0.15, -0.1) is 0 Å². The van der Waals surface area contributed by atoms with Gasteiger partial charge in [-0.05, 0) is 52.7 Å². The van der Waals surface area contributed by atoms with Crippen molar-refractivity contribution >= 4 is 31.7 Å². The minimum absolute atomic E-state index is 0.153. The van der Waals surface area contributed by atoms with Gasteiger partial charge in [-0.1, -0.05) is 6.07 Å². The van der Waals surface area contributed by atoms with Crippen LogP contribution in [0.3, 0.4) is 0 Å². The second-order valence-corrected chi connectivity index (χ2v) is 6.96. The van der Waals surface area contributed by atoms with Gasteiger partial charge in [-0.25, -0.2) is 0 Å². The third-order valence-corrected chi connectivity index (χ3v) is 4.77. The summed E-state index contributed by atoms with van der Waals surface area (Å²) in [6, 6.07) is 8.07. The summed E-state index contributed by atoms with van der Waals surface area (Å²) in [6.07, 6.45) is 0. The maximum Gasteiger partial charge on any atom is 0.339 e. The Balaban J connectivity index is 2.43. The van der Waals surface area contributed by atoms with Gasteiger partial charge in [-0.3, -0.25) is 10.1 Å². The first-order valence-electron chi connectivity index (χ1n) is 6.27. The zero-order valence-corrected chi connectivity index (χ0v) is 14.5. The highest BCUT2D eigenvalue weighted by atomic mass is 79.9. The molecule has 0 spiro atoms. The number of nitro groups is 1. The molecule has 0 aliphatic heterocycles. The first kappa shape index (κ1) is 17.2. The molecule has 0 N–H and O–H groups in total. The molecule has 0 atom stereocenters. The fraction of sp³-hybridized carbons (Fsp3) is 0.143. The number of ether oxygens (including phenoxy) is 1. The number of nitrogens with zero attached hydrogens (tertiary/aromatic N) is 1. The fourth-order valence-electron chi connectivity index (χ4n) is 1.81. The third-order valence-electron chi connectivity index (χ3n) is 2.92. The second-order valence-electron chi connectivity index (χ2n) is 4.56. The van der Waals surface area contributed by atoms with E-state index in [1.807, 2.05) is 0 Å². The molecular formula is C14H12BrNO6S. The van der Waals surface area contributed by atoms with Crippen LogP contribution in [0.1, 0.15) is 5.56 Å². The highest BCUT2D eigenvalue weighted by Gasteiger charge is 2.24. The highest BCUT2D eigenvalue weighted by Crippen LogP contribution is 2.32. The van der Waals surface area contributed by atoms with E-state index in [0.717, 1.165) is 0 Å². The van der Waals surface area contributed by atoms with E-state index < -0.39 is 20.7 Å². The molecule has 2 aromatic carbocycles. The molecule has 9 heteroatoms. The maximum atomic E-state index is 12.3. The zero-order chi connectivity index (χ0) is 17.2. The Hall–Kier alpha value is -2.13. The Labute approximate surface area is 141 Å². The first-order valence-corrected chi connectivity index (χ1v) is 8.48. The number of halogens is 1. The van der Waals surface area contributed by atoms with Crippen LogP contribution >= 0.6 is 15.9 Å². The van der Waals surface area contributed by atoms with Crippen LogP contribution in [0.5, 0.6) is 11.5 Å². The van der Waals surface area contributed by atoms with E-state index in [2.05, 4.69) is 15.9 Å². The molecular weight excluding hydrogens is 390 g/mol. The lowest BCUT2D eigenvalue weighted by Gasteiger charge is -2.09. The summed E-state index contributed by atoms with van der Waals surface area (Å²) in [7, 11) is -2.77. The van der Waals surface area contributed by atoms with E-state index in [4.69, 9.17) is 8.92 Å². The van der Waals surface area contributed by atoms with Crippen LogP contribution in [0, 0.1) is 17.0 Å². The molecule has 0 bridgehead atoms.